The second-order valence-corrected chi connectivity index (χ2v) is 6.97. The van der Waals surface area contributed by atoms with Crippen molar-refractivity contribution >= 4 is 11.9 Å². The van der Waals surface area contributed by atoms with E-state index in [0.717, 1.165) is 42.0 Å². The molecule has 0 aliphatic carbocycles. The van der Waals surface area contributed by atoms with Gasteiger partial charge in [0.25, 0.3) is 5.91 Å². The molecule has 4 rings (SSSR count). The van der Waals surface area contributed by atoms with Crippen LogP contribution in [0.15, 0.2) is 42.5 Å². The summed E-state index contributed by atoms with van der Waals surface area (Å²) >= 11 is 0. The molecule has 1 fully saturated rings. The minimum absolute atomic E-state index is 0.00630. The van der Waals surface area contributed by atoms with Crippen LogP contribution in [0.2, 0.25) is 0 Å². The Bertz CT molecular complexity index is 882. The van der Waals surface area contributed by atoms with Crippen LogP contribution in [0, 0.1) is 0 Å². The van der Waals surface area contributed by atoms with Crippen LogP contribution in [-0.4, -0.2) is 36.6 Å². The molecule has 2 aromatic carbocycles. The van der Waals surface area contributed by atoms with E-state index >= 15 is 0 Å². The van der Waals surface area contributed by atoms with E-state index in [1.165, 1.54) is 0 Å². The lowest BCUT2D eigenvalue weighted by atomic mass is 10.0. The number of nitrogens with two attached hydrogens (primary N) is 1. The van der Waals surface area contributed by atoms with Crippen molar-refractivity contribution in [2.75, 3.05) is 19.8 Å². The highest BCUT2D eigenvalue weighted by Gasteiger charge is 2.31. The Hall–Kier alpha value is -3.22. The van der Waals surface area contributed by atoms with Gasteiger partial charge in [-0.05, 0) is 48.2 Å². The number of ether oxygens (including phenoxy) is 2. The number of carbonyl (C=O) groups excluding carboxylic acids is 2. The molecule has 146 valence electrons. The van der Waals surface area contributed by atoms with E-state index in [1.54, 1.807) is 12.1 Å². The van der Waals surface area contributed by atoms with E-state index < -0.39 is 6.03 Å². The lowest BCUT2D eigenvalue weighted by Crippen LogP contribution is -2.31. The molecule has 0 aromatic heterocycles. The first-order valence-corrected chi connectivity index (χ1v) is 9.44. The smallest absolute Gasteiger partial charge is 0.312 e. The number of fused-ring (bicyclic) bond motifs is 1. The van der Waals surface area contributed by atoms with Crippen molar-refractivity contribution < 1.29 is 19.1 Å². The number of urea groups is 1. The van der Waals surface area contributed by atoms with Gasteiger partial charge in [0, 0.05) is 18.7 Å². The number of nitrogens with zero attached hydrogens (tertiary/aromatic N) is 1. The van der Waals surface area contributed by atoms with E-state index in [2.05, 4.69) is 5.32 Å². The van der Waals surface area contributed by atoms with Gasteiger partial charge in [0.1, 0.15) is 13.2 Å². The molecule has 2 aromatic rings. The minimum atomic E-state index is -0.570. The molecule has 7 heteroatoms. The van der Waals surface area contributed by atoms with Crippen LogP contribution in [0.3, 0.4) is 0 Å². The van der Waals surface area contributed by atoms with Gasteiger partial charge in [0.05, 0.1) is 6.04 Å². The average Bonchev–Trinajstić information content (AvgIpc) is 3.21. The van der Waals surface area contributed by atoms with Crippen LogP contribution in [-0.2, 0) is 6.54 Å². The Morgan fingerprint density at radius 1 is 1.07 bits per heavy atom. The second-order valence-electron chi connectivity index (χ2n) is 6.97. The Kier molecular flexibility index (Phi) is 5.06. The number of primary amides is 1. The van der Waals surface area contributed by atoms with Gasteiger partial charge in [-0.3, -0.25) is 4.79 Å². The second kappa shape index (κ2) is 7.80. The third-order valence-corrected chi connectivity index (χ3v) is 5.13. The van der Waals surface area contributed by atoms with Crippen LogP contribution >= 0.6 is 0 Å². The Morgan fingerprint density at radius 2 is 1.82 bits per heavy atom. The molecule has 1 unspecified atom stereocenters. The first kappa shape index (κ1) is 18.2. The molecular weight excluding hydrogens is 358 g/mol. The number of rotatable bonds is 4. The zero-order valence-electron chi connectivity index (χ0n) is 15.5. The van der Waals surface area contributed by atoms with Crippen molar-refractivity contribution in [1.29, 1.82) is 0 Å². The molecule has 2 aliphatic heterocycles. The lowest BCUT2D eigenvalue weighted by molar-refractivity contribution is 0.0735. The van der Waals surface area contributed by atoms with Crippen LogP contribution in [0.4, 0.5) is 4.79 Å². The van der Waals surface area contributed by atoms with Gasteiger partial charge < -0.3 is 25.4 Å². The maximum absolute atomic E-state index is 13.1. The first-order valence-electron chi connectivity index (χ1n) is 9.44. The van der Waals surface area contributed by atoms with Crippen LogP contribution in [0.1, 0.15) is 40.4 Å². The van der Waals surface area contributed by atoms with E-state index in [-0.39, 0.29) is 11.9 Å². The summed E-state index contributed by atoms with van der Waals surface area (Å²) < 4.78 is 11.3. The molecule has 1 saturated heterocycles. The largest absolute Gasteiger partial charge is 0.486 e. The van der Waals surface area contributed by atoms with Gasteiger partial charge in [0.2, 0.25) is 0 Å². The predicted molar refractivity (Wildman–Crippen MR) is 103 cm³/mol. The number of hydrogen-bond donors (Lipinski definition) is 2. The van der Waals surface area contributed by atoms with E-state index in [1.807, 2.05) is 35.2 Å². The summed E-state index contributed by atoms with van der Waals surface area (Å²) in [5, 5.41) is 2.54. The molecular formula is C21H23N3O4. The molecule has 0 spiro atoms. The summed E-state index contributed by atoms with van der Waals surface area (Å²) in [6.07, 6.45) is 1.89. The summed E-state index contributed by atoms with van der Waals surface area (Å²) in [4.78, 5) is 25.8. The highest BCUT2D eigenvalue weighted by molar-refractivity contribution is 5.94. The average molecular weight is 381 g/mol. The zero-order valence-corrected chi connectivity index (χ0v) is 15.5. The molecule has 2 heterocycles. The number of hydrogen-bond acceptors (Lipinski definition) is 4. The van der Waals surface area contributed by atoms with E-state index in [4.69, 9.17) is 15.2 Å². The summed E-state index contributed by atoms with van der Waals surface area (Å²) in [7, 11) is 0. The summed E-state index contributed by atoms with van der Waals surface area (Å²) in [5.41, 5.74) is 7.67. The van der Waals surface area contributed by atoms with Crippen molar-refractivity contribution in [2.24, 2.45) is 5.73 Å². The zero-order chi connectivity index (χ0) is 19.5. The number of likely N-dealkylation sites (tertiary alicyclic amines) is 1. The number of benzene rings is 2. The molecule has 0 radical (unpaired) electrons. The first-order chi connectivity index (χ1) is 13.6. The van der Waals surface area contributed by atoms with Crippen LogP contribution in [0.5, 0.6) is 11.5 Å². The molecule has 7 nitrogen and oxygen atoms in total. The van der Waals surface area contributed by atoms with E-state index in [0.29, 0.717) is 25.3 Å². The molecule has 28 heavy (non-hydrogen) atoms. The van der Waals surface area contributed by atoms with Gasteiger partial charge in [-0.1, -0.05) is 18.2 Å². The third-order valence-electron chi connectivity index (χ3n) is 5.13. The van der Waals surface area contributed by atoms with Gasteiger partial charge >= 0.3 is 6.03 Å². The minimum Gasteiger partial charge on any atom is -0.486 e. The van der Waals surface area contributed by atoms with Gasteiger partial charge in [-0.25, -0.2) is 4.79 Å². The van der Waals surface area contributed by atoms with Gasteiger partial charge in [-0.2, -0.15) is 0 Å². The monoisotopic (exact) mass is 381 g/mol. The Labute approximate surface area is 163 Å². The van der Waals surface area contributed by atoms with Crippen molar-refractivity contribution in [3.8, 4) is 11.5 Å². The lowest BCUT2D eigenvalue weighted by Gasteiger charge is -2.27. The molecule has 0 bridgehead atoms. The molecule has 2 aliphatic rings. The molecule has 1 atom stereocenters. The highest BCUT2D eigenvalue weighted by atomic mass is 16.6. The normalized spacial score (nSPS) is 18.0. The van der Waals surface area contributed by atoms with Gasteiger partial charge in [0.15, 0.2) is 11.5 Å². The third kappa shape index (κ3) is 3.74. The molecule has 3 amide bonds. The number of nitrogens with one attached hydrogen (secondary N) is 1. The topological polar surface area (TPSA) is 93.9 Å². The predicted octanol–water partition coefficient (Wildman–Crippen LogP) is 2.60. The summed E-state index contributed by atoms with van der Waals surface area (Å²) in [5.74, 6) is 1.51. The quantitative estimate of drug-likeness (QED) is 0.851. The van der Waals surface area contributed by atoms with Crippen molar-refractivity contribution in [3.05, 3.63) is 59.2 Å². The molecule has 0 saturated carbocycles. The fraction of sp³-hybridized carbons (Fsp3) is 0.333. The summed E-state index contributed by atoms with van der Waals surface area (Å²) in [6, 6.07) is 12.6. The maximum Gasteiger partial charge on any atom is 0.312 e. The molecule has 3 N–H and O–H groups in total. The van der Waals surface area contributed by atoms with Crippen molar-refractivity contribution in [2.45, 2.75) is 25.4 Å². The van der Waals surface area contributed by atoms with Crippen molar-refractivity contribution in [3.63, 3.8) is 0 Å². The fourth-order valence-corrected chi connectivity index (χ4v) is 3.74. The Morgan fingerprint density at radius 3 is 2.57 bits per heavy atom. The van der Waals surface area contributed by atoms with E-state index in [9.17, 15) is 9.59 Å². The van der Waals surface area contributed by atoms with Crippen molar-refractivity contribution in [1.82, 2.24) is 10.2 Å². The standard InChI is InChI=1S/C21H23N3O4/c22-21(26)23-13-14-3-5-15(6-4-14)20(25)24-9-1-2-17(24)16-7-8-18-19(12-16)28-11-10-27-18/h3-8,12,17H,1-2,9-11,13H2,(H3,22,23,26). The number of amides is 3. The highest BCUT2D eigenvalue weighted by Crippen LogP contribution is 2.38. The Balaban J connectivity index is 1.50. The maximum atomic E-state index is 13.1. The number of carbonyl (C=O) groups is 2. The van der Waals surface area contributed by atoms with Crippen LogP contribution < -0.4 is 20.5 Å². The fourth-order valence-electron chi connectivity index (χ4n) is 3.74. The van der Waals surface area contributed by atoms with Crippen LogP contribution in [0.25, 0.3) is 0 Å². The summed E-state index contributed by atoms with van der Waals surface area (Å²) in [6.45, 7) is 2.17. The SMILES string of the molecule is NC(=O)NCc1ccc(C(=O)N2CCCC2c2ccc3c(c2)OCCO3)cc1. The van der Waals surface area contributed by atoms with Gasteiger partial charge in [-0.15, -0.1) is 0 Å².